The van der Waals surface area contributed by atoms with Crippen LogP contribution in [0.4, 0.5) is 10.5 Å². The molecular weight excluding hydrogens is 536 g/mol. The van der Waals surface area contributed by atoms with Crippen LogP contribution in [0.25, 0.3) is 0 Å². The Morgan fingerprint density at radius 1 is 1.22 bits per heavy atom. The fourth-order valence-corrected chi connectivity index (χ4v) is 5.91. The number of halogens is 1. The van der Waals surface area contributed by atoms with Crippen LogP contribution >= 0.6 is 15.9 Å². The second-order valence-electron chi connectivity index (χ2n) is 11.0. The number of piperidine rings is 1. The minimum Gasteiger partial charge on any atom is -0.465 e. The number of carboxylic acid groups (broad SMARTS) is 1. The molecule has 1 aromatic carbocycles. The van der Waals surface area contributed by atoms with Gasteiger partial charge in [0.2, 0.25) is 0 Å². The first-order chi connectivity index (χ1) is 17.2. The Morgan fingerprint density at radius 3 is 2.46 bits per heavy atom. The average molecular weight is 576 g/mol. The van der Waals surface area contributed by atoms with Crippen LogP contribution < -0.4 is 15.8 Å². The summed E-state index contributed by atoms with van der Waals surface area (Å²) in [5.41, 5.74) is 4.12. The van der Waals surface area contributed by atoms with Crippen molar-refractivity contribution in [2.24, 2.45) is 5.41 Å². The van der Waals surface area contributed by atoms with Gasteiger partial charge in [-0.15, -0.1) is 0 Å². The van der Waals surface area contributed by atoms with Crippen LogP contribution in [-0.2, 0) is 6.54 Å². The van der Waals surface area contributed by atoms with Gasteiger partial charge in [0.1, 0.15) is 0 Å². The summed E-state index contributed by atoms with van der Waals surface area (Å²) in [4.78, 5) is 44.2. The molecule has 1 saturated heterocycles. The molecule has 37 heavy (non-hydrogen) atoms. The molecule has 202 valence electrons. The molecule has 1 aliphatic rings. The van der Waals surface area contributed by atoms with Crippen molar-refractivity contribution < 1.29 is 14.7 Å². The average Bonchev–Trinajstić information content (AvgIpc) is 2.79. The van der Waals surface area contributed by atoms with Gasteiger partial charge in [-0.25, -0.2) is 4.79 Å². The number of aryl methyl sites for hydroxylation is 2. The third-order valence-electron chi connectivity index (χ3n) is 7.42. The van der Waals surface area contributed by atoms with E-state index in [1.54, 1.807) is 11.0 Å². The van der Waals surface area contributed by atoms with E-state index in [-0.39, 0.29) is 35.5 Å². The van der Waals surface area contributed by atoms with Crippen LogP contribution in [0.3, 0.4) is 0 Å². The first-order valence-electron chi connectivity index (χ1n) is 12.8. The molecule has 2 heterocycles. The quantitative estimate of drug-likeness (QED) is 0.429. The molecule has 0 saturated carbocycles. The van der Waals surface area contributed by atoms with Gasteiger partial charge in [0, 0.05) is 58.7 Å². The molecule has 0 spiro atoms. The van der Waals surface area contributed by atoms with E-state index in [0.717, 1.165) is 39.9 Å². The molecule has 0 aliphatic carbocycles. The number of likely N-dealkylation sites (tertiary alicyclic amines) is 1. The number of anilines is 1. The molecule has 2 unspecified atom stereocenters. The van der Waals surface area contributed by atoms with Crippen molar-refractivity contribution in [2.75, 3.05) is 18.0 Å². The molecule has 2 amide bonds. The number of hydrogen-bond acceptors (Lipinski definition) is 4. The number of aromatic nitrogens is 1. The summed E-state index contributed by atoms with van der Waals surface area (Å²) in [6.45, 7) is 15.3. The minimum absolute atomic E-state index is 0.108. The predicted molar refractivity (Wildman–Crippen MR) is 151 cm³/mol. The number of nitrogens with one attached hydrogen (secondary N) is 2. The van der Waals surface area contributed by atoms with E-state index < -0.39 is 6.09 Å². The molecule has 2 atom stereocenters. The summed E-state index contributed by atoms with van der Waals surface area (Å²) in [6, 6.07) is 5.76. The van der Waals surface area contributed by atoms with Crippen molar-refractivity contribution in [1.29, 1.82) is 0 Å². The molecule has 0 radical (unpaired) electrons. The maximum absolute atomic E-state index is 13.3. The Kier molecular flexibility index (Phi) is 8.78. The lowest BCUT2D eigenvalue weighted by Gasteiger charge is -2.48. The Balaban J connectivity index is 1.89. The van der Waals surface area contributed by atoms with Crippen molar-refractivity contribution in [1.82, 2.24) is 15.2 Å². The number of pyridine rings is 1. The van der Waals surface area contributed by atoms with Crippen LogP contribution in [-0.4, -0.2) is 52.2 Å². The summed E-state index contributed by atoms with van der Waals surface area (Å²) in [7, 11) is 0. The zero-order valence-electron chi connectivity index (χ0n) is 22.9. The van der Waals surface area contributed by atoms with E-state index in [4.69, 9.17) is 0 Å². The number of hydrogen-bond donors (Lipinski definition) is 3. The molecule has 1 aliphatic heterocycles. The van der Waals surface area contributed by atoms with Crippen molar-refractivity contribution in [2.45, 2.75) is 79.9 Å². The molecule has 8 nitrogen and oxygen atoms in total. The number of aromatic amines is 1. The maximum Gasteiger partial charge on any atom is 0.407 e. The lowest BCUT2D eigenvalue weighted by atomic mass is 9.78. The standard InChI is InChI=1S/C28H39BrN4O4/c1-8-32(20-9-10-33(27(36)37)24(14-20)28(5,6)7)23-13-19(29)12-21(18(23)4)25(34)30-15-22-16(2)11-17(3)31-26(22)35/h11-13,20,24H,8-10,14-15H2,1-7H3,(H,30,34)(H,31,35)(H,36,37). The van der Waals surface area contributed by atoms with E-state index in [9.17, 15) is 19.5 Å². The fraction of sp³-hybridized carbons (Fsp3) is 0.536. The monoisotopic (exact) mass is 574 g/mol. The van der Waals surface area contributed by atoms with E-state index in [2.05, 4.69) is 58.8 Å². The van der Waals surface area contributed by atoms with E-state index in [1.165, 1.54) is 0 Å². The highest BCUT2D eigenvalue weighted by molar-refractivity contribution is 9.10. The zero-order valence-corrected chi connectivity index (χ0v) is 24.5. The molecule has 9 heteroatoms. The van der Waals surface area contributed by atoms with Gasteiger partial charge in [0.05, 0.1) is 0 Å². The number of benzene rings is 1. The van der Waals surface area contributed by atoms with E-state index >= 15 is 0 Å². The van der Waals surface area contributed by atoms with Crippen molar-refractivity contribution in [3.63, 3.8) is 0 Å². The third kappa shape index (κ3) is 6.37. The zero-order chi connectivity index (χ0) is 27.7. The second-order valence-corrected chi connectivity index (χ2v) is 12.0. The molecular formula is C28H39BrN4O4. The van der Waals surface area contributed by atoms with Crippen molar-refractivity contribution >= 4 is 33.6 Å². The first kappa shape index (κ1) is 28.8. The normalized spacial score (nSPS) is 18.0. The third-order valence-corrected chi connectivity index (χ3v) is 7.88. The van der Waals surface area contributed by atoms with Gasteiger partial charge < -0.3 is 25.2 Å². The van der Waals surface area contributed by atoms with Crippen molar-refractivity contribution in [3.8, 4) is 0 Å². The largest absolute Gasteiger partial charge is 0.465 e. The second kappa shape index (κ2) is 11.3. The number of carbonyl (C=O) groups is 2. The van der Waals surface area contributed by atoms with Gasteiger partial charge in [-0.3, -0.25) is 9.59 Å². The minimum atomic E-state index is -0.873. The summed E-state index contributed by atoms with van der Waals surface area (Å²) in [5, 5.41) is 12.7. The molecule has 1 aromatic heterocycles. The van der Waals surface area contributed by atoms with Crippen LogP contribution in [0, 0.1) is 26.2 Å². The Hall–Kier alpha value is -2.81. The highest BCUT2D eigenvalue weighted by Gasteiger charge is 2.40. The number of amides is 2. The number of H-pyrrole nitrogens is 1. The van der Waals surface area contributed by atoms with Gasteiger partial charge in [-0.2, -0.15) is 0 Å². The molecule has 2 aromatic rings. The van der Waals surface area contributed by atoms with Gasteiger partial charge >= 0.3 is 6.09 Å². The Labute approximate surface area is 227 Å². The highest BCUT2D eigenvalue weighted by Crippen LogP contribution is 2.37. The molecule has 3 rings (SSSR count). The maximum atomic E-state index is 13.3. The lowest BCUT2D eigenvalue weighted by molar-refractivity contribution is 0.0523. The van der Waals surface area contributed by atoms with Crippen LogP contribution in [0.5, 0.6) is 0 Å². The first-order valence-corrected chi connectivity index (χ1v) is 13.6. The summed E-state index contributed by atoms with van der Waals surface area (Å²) < 4.78 is 0.788. The number of nitrogens with zero attached hydrogens (tertiary/aromatic N) is 2. The number of rotatable bonds is 6. The van der Waals surface area contributed by atoms with Gasteiger partial charge in [0.25, 0.3) is 11.5 Å². The smallest absolute Gasteiger partial charge is 0.407 e. The van der Waals surface area contributed by atoms with E-state index in [0.29, 0.717) is 24.1 Å². The van der Waals surface area contributed by atoms with Crippen LogP contribution in [0.2, 0.25) is 0 Å². The highest BCUT2D eigenvalue weighted by atomic mass is 79.9. The lowest BCUT2D eigenvalue weighted by Crippen LogP contribution is -2.56. The fourth-order valence-electron chi connectivity index (χ4n) is 5.47. The Morgan fingerprint density at radius 2 is 1.89 bits per heavy atom. The number of carbonyl (C=O) groups excluding carboxylic acids is 1. The van der Waals surface area contributed by atoms with Crippen LogP contribution in [0.15, 0.2) is 27.5 Å². The molecule has 3 N–H and O–H groups in total. The topological polar surface area (TPSA) is 106 Å². The summed E-state index contributed by atoms with van der Waals surface area (Å²) in [5.74, 6) is -0.247. The van der Waals surface area contributed by atoms with Gasteiger partial charge in [-0.1, -0.05) is 36.7 Å². The predicted octanol–water partition coefficient (Wildman–Crippen LogP) is 5.38. The van der Waals surface area contributed by atoms with E-state index in [1.807, 2.05) is 32.9 Å². The summed E-state index contributed by atoms with van der Waals surface area (Å²) >= 11 is 3.59. The SMILES string of the molecule is CCN(c1cc(Br)cc(C(=O)NCc2c(C)cc(C)[nH]c2=O)c1C)C1CCN(C(=O)O)C(C(C)(C)C)C1. The van der Waals surface area contributed by atoms with Gasteiger partial charge in [0.15, 0.2) is 0 Å². The van der Waals surface area contributed by atoms with Gasteiger partial charge in [-0.05, 0) is 75.3 Å². The molecule has 0 bridgehead atoms. The molecule has 1 fully saturated rings. The van der Waals surface area contributed by atoms with Crippen molar-refractivity contribution in [3.05, 3.63) is 61.0 Å². The van der Waals surface area contributed by atoms with Crippen LogP contribution in [0.1, 0.15) is 73.3 Å². The summed E-state index contributed by atoms with van der Waals surface area (Å²) in [6.07, 6.45) is 0.559. The Bertz CT molecular complexity index is 1230.